The third-order valence-electron chi connectivity index (χ3n) is 3.42. The maximum atomic E-state index is 11.1. The molecule has 1 atom stereocenters. The Bertz CT molecular complexity index is 301. The Kier molecular flexibility index (Phi) is 12.5. The zero-order valence-corrected chi connectivity index (χ0v) is 14.0. The number of aliphatic hydroxyl groups excluding tert-OH is 1. The fraction of sp³-hybridized carbons (Fsp3) is 1.00. The van der Waals surface area contributed by atoms with Crippen molar-refractivity contribution in [3.05, 3.63) is 0 Å². The lowest BCUT2D eigenvalue weighted by atomic mass is 10.1. The van der Waals surface area contributed by atoms with Gasteiger partial charge in [0.15, 0.2) is 6.29 Å². The molecule has 122 valence electrons. The highest BCUT2D eigenvalue weighted by Gasteiger charge is 2.14. The predicted octanol–water partition coefficient (Wildman–Crippen LogP) is 3.98. The molecule has 0 saturated carbocycles. The highest BCUT2D eigenvalue weighted by atomic mass is 32.2. The molecule has 0 radical (unpaired) electrons. The van der Waals surface area contributed by atoms with E-state index in [-0.39, 0.29) is 5.75 Å². The van der Waals surface area contributed by atoms with Gasteiger partial charge in [-0.05, 0) is 19.8 Å². The lowest BCUT2D eigenvalue weighted by Gasteiger charge is -2.10. The summed E-state index contributed by atoms with van der Waals surface area (Å²) >= 11 is 0. The summed E-state index contributed by atoms with van der Waals surface area (Å²) in [7, 11) is -3.53. The highest BCUT2D eigenvalue weighted by Crippen LogP contribution is 2.13. The molecular weight excluding hydrogens is 276 g/mol. The van der Waals surface area contributed by atoms with Gasteiger partial charge in [0.25, 0.3) is 10.1 Å². The first-order valence-corrected chi connectivity index (χ1v) is 9.68. The van der Waals surface area contributed by atoms with Crippen LogP contribution < -0.4 is 0 Å². The third-order valence-corrected chi connectivity index (χ3v) is 4.64. The molecule has 0 bridgehead atoms. The number of aliphatic hydroxyl groups is 1. The van der Waals surface area contributed by atoms with Gasteiger partial charge >= 0.3 is 0 Å². The minimum atomic E-state index is -3.53. The van der Waals surface area contributed by atoms with Gasteiger partial charge in [-0.15, -0.1) is 0 Å². The molecule has 0 amide bonds. The van der Waals surface area contributed by atoms with Crippen LogP contribution in [-0.4, -0.2) is 25.6 Å². The first kappa shape index (κ1) is 19.9. The highest BCUT2D eigenvalue weighted by molar-refractivity contribution is 7.86. The summed E-state index contributed by atoms with van der Waals surface area (Å²) in [6, 6.07) is 0. The second kappa shape index (κ2) is 12.6. The topological polar surface area (TPSA) is 63.6 Å². The normalized spacial score (nSPS) is 13.6. The Morgan fingerprint density at radius 2 is 1.30 bits per heavy atom. The van der Waals surface area contributed by atoms with E-state index in [4.69, 9.17) is 0 Å². The summed E-state index contributed by atoms with van der Waals surface area (Å²) in [6.45, 7) is 3.73. The van der Waals surface area contributed by atoms with Crippen LogP contribution in [0.1, 0.15) is 84.5 Å². The van der Waals surface area contributed by atoms with Gasteiger partial charge in [-0.1, -0.05) is 64.7 Å². The molecule has 0 spiro atoms. The number of hydrogen-bond acceptors (Lipinski definition) is 4. The zero-order chi connectivity index (χ0) is 15.3. The van der Waals surface area contributed by atoms with Crippen LogP contribution in [0.15, 0.2) is 0 Å². The van der Waals surface area contributed by atoms with Gasteiger partial charge in [0.05, 0.1) is 5.75 Å². The average Bonchev–Trinajstić information content (AvgIpc) is 2.40. The molecule has 20 heavy (non-hydrogen) atoms. The van der Waals surface area contributed by atoms with E-state index in [1.54, 1.807) is 0 Å². The maximum absolute atomic E-state index is 11.1. The van der Waals surface area contributed by atoms with Crippen molar-refractivity contribution in [2.24, 2.45) is 0 Å². The standard InChI is InChI=1S/C15H32O4S/c1-3-5-6-7-8-9-10-11-12-13-14-15(16)19-20(17,18)4-2/h15-16H,3-14H2,1-2H3. The van der Waals surface area contributed by atoms with Crippen LogP contribution >= 0.6 is 0 Å². The summed E-state index contributed by atoms with van der Waals surface area (Å²) in [5.41, 5.74) is 0. The Morgan fingerprint density at radius 3 is 1.75 bits per heavy atom. The molecule has 4 nitrogen and oxygen atoms in total. The lowest BCUT2D eigenvalue weighted by Crippen LogP contribution is -2.19. The van der Waals surface area contributed by atoms with Crippen molar-refractivity contribution in [1.29, 1.82) is 0 Å². The van der Waals surface area contributed by atoms with Crippen LogP contribution in [0, 0.1) is 0 Å². The molecule has 5 heteroatoms. The van der Waals surface area contributed by atoms with Crippen molar-refractivity contribution in [3.63, 3.8) is 0 Å². The van der Waals surface area contributed by atoms with Crippen LogP contribution in [-0.2, 0) is 14.3 Å². The Balaban J connectivity index is 3.31. The van der Waals surface area contributed by atoms with Crippen LogP contribution in [0.25, 0.3) is 0 Å². The van der Waals surface area contributed by atoms with Gasteiger partial charge in [0.2, 0.25) is 0 Å². The predicted molar refractivity (Wildman–Crippen MR) is 83.0 cm³/mol. The molecule has 0 aromatic rings. The Morgan fingerprint density at radius 1 is 0.850 bits per heavy atom. The maximum Gasteiger partial charge on any atom is 0.269 e. The van der Waals surface area contributed by atoms with E-state index in [0.29, 0.717) is 6.42 Å². The van der Waals surface area contributed by atoms with E-state index in [1.807, 2.05) is 0 Å². The van der Waals surface area contributed by atoms with Crippen molar-refractivity contribution in [2.75, 3.05) is 5.75 Å². The minimum Gasteiger partial charge on any atom is -0.367 e. The van der Waals surface area contributed by atoms with E-state index in [9.17, 15) is 13.5 Å². The van der Waals surface area contributed by atoms with Crippen molar-refractivity contribution in [1.82, 2.24) is 0 Å². The van der Waals surface area contributed by atoms with Gasteiger partial charge < -0.3 is 5.11 Å². The lowest BCUT2D eigenvalue weighted by molar-refractivity contribution is -0.0191. The van der Waals surface area contributed by atoms with E-state index in [2.05, 4.69) is 11.1 Å². The second-order valence-electron chi connectivity index (χ2n) is 5.37. The van der Waals surface area contributed by atoms with Crippen LogP contribution in [0.4, 0.5) is 0 Å². The van der Waals surface area contributed by atoms with Crippen LogP contribution in [0.5, 0.6) is 0 Å². The van der Waals surface area contributed by atoms with Crippen LogP contribution in [0.2, 0.25) is 0 Å². The summed E-state index contributed by atoms with van der Waals surface area (Å²) in [5.74, 6) is -0.0951. The molecule has 0 aromatic heterocycles. The van der Waals surface area contributed by atoms with Gasteiger partial charge in [-0.25, -0.2) is 4.18 Å². The summed E-state index contributed by atoms with van der Waals surface area (Å²) in [5, 5.41) is 9.44. The molecule has 0 aromatic carbocycles. The number of unbranched alkanes of at least 4 members (excludes halogenated alkanes) is 9. The quantitative estimate of drug-likeness (QED) is 0.299. The van der Waals surface area contributed by atoms with E-state index in [0.717, 1.165) is 19.3 Å². The summed E-state index contributed by atoms with van der Waals surface area (Å²) in [4.78, 5) is 0. The Labute approximate surface area is 125 Å². The van der Waals surface area contributed by atoms with Crippen molar-refractivity contribution in [2.45, 2.75) is 90.8 Å². The van der Waals surface area contributed by atoms with Gasteiger partial charge in [0, 0.05) is 0 Å². The van der Waals surface area contributed by atoms with Crippen molar-refractivity contribution < 1.29 is 17.7 Å². The van der Waals surface area contributed by atoms with Crippen molar-refractivity contribution >= 4 is 10.1 Å². The number of rotatable bonds is 14. The molecule has 0 saturated heterocycles. The zero-order valence-electron chi connectivity index (χ0n) is 13.1. The van der Waals surface area contributed by atoms with Gasteiger partial charge in [0.1, 0.15) is 0 Å². The second-order valence-corrected chi connectivity index (χ2v) is 7.25. The number of hydrogen-bond donors (Lipinski definition) is 1. The van der Waals surface area contributed by atoms with E-state index in [1.165, 1.54) is 51.9 Å². The summed E-state index contributed by atoms with van der Waals surface area (Å²) in [6.07, 6.45) is 11.4. The molecule has 0 aliphatic heterocycles. The molecule has 1 N–H and O–H groups in total. The molecular formula is C15H32O4S. The molecule has 0 aliphatic rings. The SMILES string of the molecule is CCCCCCCCCCCCC(O)OS(=O)(=O)CC. The van der Waals surface area contributed by atoms with Crippen molar-refractivity contribution in [3.8, 4) is 0 Å². The van der Waals surface area contributed by atoms with Gasteiger partial charge in [-0.3, -0.25) is 0 Å². The monoisotopic (exact) mass is 308 g/mol. The molecule has 0 aliphatic carbocycles. The third kappa shape index (κ3) is 12.9. The minimum absolute atomic E-state index is 0.0951. The van der Waals surface area contributed by atoms with Crippen LogP contribution in [0.3, 0.4) is 0 Å². The first-order valence-electron chi connectivity index (χ1n) is 8.11. The summed E-state index contributed by atoms with van der Waals surface area (Å²) < 4.78 is 26.8. The first-order chi connectivity index (χ1) is 9.52. The molecule has 0 rings (SSSR count). The average molecular weight is 308 g/mol. The molecule has 0 fully saturated rings. The van der Waals surface area contributed by atoms with E-state index < -0.39 is 16.4 Å². The smallest absolute Gasteiger partial charge is 0.269 e. The largest absolute Gasteiger partial charge is 0.367 e. The van der Waals surface area contributed by atoms with Gasteiger partial charge in [-0.2, -0.15) is 8.42 Å². The Hall–Kier alpha value is -0.130. The van der Waals surface area contributed by atoms with E-state index >= 15 is 0 Å². The molecule has 0 heterocycles. The molecule has 1 unspecified atom stereocenters. The fourth-order valence-electron chi connectivity index (χ4n) is 2.09. The fourth-order valence-corrected chi connectivity index (χ4v) is 2.66.